The number of fused-ring (bicyclic) bond motifs is 14. The molecule has 3 aromatic heterocycles. The van der Waals surface area contributed by atoms with Gasteiger partial charge in [-0.2, -0.15) is 0 Å². The minimum Gasteiger partial charge on any atom is -0.456 e. The highest BCUT2D eigenvalue weighted by Crippen LogP contribution is 2.50. The third-order valence-electron chi connectivity index (χ3n) is 10.8. The topological polar surface area (TPSA) is 23.0 Å². The molecule has 0 bridgehead atoms. The number of hydrogen-bond donors (Lipinski definition) is 0. The van der Waals surface area contributed by atoms with Gasteiger partial charge in [0.25, 0.3) is 0 Å². The quantitative estimate of drug-likeness (QED) is 0.188. The monoisotopic (exact) mass is 622 g/mol. The summed E-state index contributed by atoms with van der Waals surface area (Å²) in [6, 6.07) is 57.5. The SMILES string of the molecule is c1ccc(-n2c3ccc4oc5ccccc5c4c3c3ccc4c5ccccc5n(-c5cc6c7c(cccc7c5)-c5ccccc5-6)c4c32)cc1. The Morgan fingerprint density at radius 2 is 1.04 bits per heavy atom. The molecule has 12 rings (SSSR count). The summed E-state index contributed by atoms with van der Waals surface area (Å²) in [7, 11) is 0. The second kappa shape index (κ2) is 9.06. The van der Waals surface area contributed by atoms with Crippen LogP contribution in [0.4, 0.5) is 0 Å². The molecule has 0 saturated heterocycles. The Kier molecular flexibility index (Phi) is 4.72. The lowest BCUT2D eigenvalue weighted by Gasteiger charge is -2.14. The van der Waals surface area contributed by atoms with Crippen molar-refractivity contribution in [1.82, 2.24) is 9.13 Å². The Hall–Kier alpha value is -6.58. The highest BCUT2D eigenvalue weighted by atomic mass is 16.3. The normalized spacial score (nSPS) is 12.5. The number of hydrogen-bond acceptors (Lipinski definition) is 1. The molecule has 0 radical (unpaired) electrons. The molecule has 3 nitrogen and oxygen atoms in total. The molecule has 1 aliphatic carbocycles. The lowest BCUT2D eigenvalue weighted by Crippen LogP contribution is -1.99. The van der Waals surface area contributed by atoms with Gasteiger partial charge < -0.3 is 13.6 Å². The van der Waals surface area contributed by atoms with Crippen LogP contribution < -0.4 is 0 Å². The lowest BCUT2D eigenvalue weighted by atomic mass is 10.0. The van der Waals surface area contributed by atoms with E-state index in [1.807, 2.05) is 6.07 Å². The minimum atomic E-state index is 0.911. The van der Waals surface area contributed by atoms with Crippen LogP contribution in [0.15, 0.2) is 162 Å². The first-order valence-electron chi connectivity index (χ1n) is 16.9. The highest BCUT2D eigenvalue weighted by molar-refractivity contribution is 6.32. The van der Waals surface area contributed by atoms with Crippen LogP contribution in [0, 0.1) is 0 Å². The average molecular weight is 623 g/mol. The second-order valence-corrected chi connectivity index (χ2v) is 13.3. The van der Waals surface area contributed by atoms with Gasteiger partial charge >= 0.3 is 0 Å². The van der Waals surface area contributed by atoms with Crippen LogP contribution in [0.1, 0.15) is 0 Å². The maximum atomic E-state index is 6.44. The molecule has 0 fully saturated rings. The van der Waals surface area contributed by atoms with Crippen LogP contribution in [0.5, 0.6) is 0 Å². The van der Waals surface area contributed by atoms with Gasteiger partial charge in [-0.25, -0.2) is 0 Å². The van der Waals surface area contributed by atoms with E-state index in [1.165, 1.54) is 82.3 Å². The number of rotatable bonds is 2. The van der Waals surface area contributed by atoms with E-state index in [-0.39, 0.29) is 0 Å². The molecule has 0 saturated carbocycles. The van der Waals surface area contributed by atoms with Crippen molar-refractivity contribution in [3.8, 4) is 33.6 Å². The molecule has 0 atom stereocenters. The van der Waals surface area contributed by atoms with Crippen molar-refractivity contribution in [1.29, 1.82) is 0 Å². The van der Waals surface area contributed by atoms with E-state index in [9.17, 15) is 0 Å². The van der Waals surface area contributed by atoms with Crippen LogP contribution in [-0.4, -0.2) is 9.13 Å². The summed E-state index contributed by atoms with van der Waals surface area (Å²) in [5, 5.41) is 9.82. The molecule has 0 unspecified atom stereocenters. The number of furan rings is 1. The highest BCUT2D eigenvalue weighted by Gasteiger charge is 2.26. The van der Waals surface area contributed by atoms with Crippen LogP contribution in [-0.2, 0) is 0 Å². The average Bonchev–Trinajstić information content (AvgIpc) is 3.89. The fraction of sp³-hybridized carbons (Fsp3) is 0. The zero-order chi connectivity index (χ0) is 31.8. The van der Waals surface area contributed by atoms with Crippen molar-refractivity contribution in [2.75, 3.05) is 0 Å². The molecule has 49 heavy (non-hydrogen) atoms. The largest absolute Gasteiger partial charge is 0.456 e. The molecule has 226 valence electrons. The van der Waals surface area contributed by atoms with E-state index in [1.54, 1.807) is 0 Å². The van der Waals surface area contributed by atoms with Crippen molar-refractivity contribution in [3.63, 3.8) is 0 Å². The number of aromatic nitrogens is 2. The van der Waals surface area contributed by atoms with Crippen LogP contribution in [0.25, 0.3) is 110 Å². The third kappa shape index (κ3) is 3.17. The van der Waals surface area contributed by atoms with Gasteiger partial charge in [-0.15, -0.1) is 0 Å². The summed E-state index contributed by atoms with van der Waals surface area (Å²) in [5.74, 6) is 0. The Labute approximate surface area is 280 Å². The summed E-state index contributed by atoms with van der Waals surface area (Å²) < 4.78 is 11.4. The molecule has 0 amide bonds. The summed E-state index contributed by atoms with van der Waals surface area (Å²) in [6.07, 6.45) is 0. The molecule has 11 aromatic rings. The van der Waals surface area contributed by atoms with Gasteiger partial charge in [-0.3, -0.25) is 0 Å². The smallest absolute Gasteiger partial charge is 0.136 e. The van der Waals surface area contributed by atoms with Gasteiger partial charge in [-0.1, -0.05) is 109 Å². The number of nitrogens with zero attached hydrogens (tertiary/aromatic N) is 2. The fourth-order valence-electron chi connectivity index (χ4n) is 8.90. The van der Waals surface area contributed by atoms with E-state index >= 15 is 0 Å². The van der Waals surface area contributed by atoms with Crippen LogP contribution in [0.2, 0.25) is 0 Å². The summed E-state index contributed by atoms with van der Waals surface area (Å²) >= 11 is 0. The van der Waals surface area contributed by atoms with Crippen LogP contribution in [0.3, 0.4) is 0 Å². The third-order valence-corrected chi connectivity index (χ3v) is 10.8. The number of para-hydroxylation sites is 3. The first kappa shape index (κ1) is 25.5. The first-order valence-corrected chi connectivity index (χ1v) is 16.9. The van der Waals surface area contributed by atoms with Crippen molar-refractivity contribution >= 4 is 76.3 Å². The van der Waals surface area contributed by atoms with E-state index in [0.29, 0.717) is 0 Å². The summed E-state index contributed by atoms with van der Waals surface area (Å²) in [4.78, 5) is 0. The zero-order valence-electron chi connectivity index (χ0n) is 26.3. The Morgan fingerprint density at radius 1 is 0.347 bits per heavy atom. The van der Waals surface area contributed by atoms with Crippen LogP contribution >= 0.6 is 0 Å². The standard InChI is InChI=1S/C46H26N2O/c1-2-12-28(13-3-1)47-39-23-24-41-44(35-17-7-9-20-40(35)49-41)43(39)36-22-21-34-32-16-6-8-19-38(32)48(45(34)46(36)47)29-25-27-11-10-18-33-30-14-4-5-15-31(30)37(26-29)42(27)33/h1-26H. The first-order chi connectivity index (χ1) is 24.3. The van der Waals surface area contributed by atoms with Crippen molar-refractivity contribution in [3.05, 3.63) is 158 Å². The van der Waals surface area contributed by atoms with Crippen molar-refractivity contribution in [2.45, 2.75) is 0 Å². The molecule has 3 heterocycles. The van der Waals surface area contributed by atoms with Crippen molar-refractivity contribution in [2.24, 2.45) is 0 Å². The molecular formula is C46H26N2O. The van der Waals surface area contributed by atoms with E-state index in [2.05, 4.69) is 161 Å². The second-order valence-electron chi connectivity index (χ2n) is 13.3. The van der Waals surface area contributed by atoms with Gasteiger partial charge in [0.2, 0.25) is 0 Å². The molecule has 8 aromatic carbocycles. The van der Waals surface area contributed by atoms with Crippen molar-refractivity contribution < 1.29 is 4.42 Å². The van der Waals surface area contributed by atoms with Gasteiger partial charge in [0.15, 0.2) is 0 Å². The van der Waals surface area contributed by atoms with Gasteiger partial charge in [0.1, 0.15) is 11.2 Å². The molecule has 0 aliphatic heterocycles. The maximum Gasteiger partial charge on any atom is 0.136 e. The molecule has 3 heteroatoms. The Bertz CT molecular complexity index is 3210. The minimum absolute atomic E-state index is 0.911. The maximum absolute atomic E-state index is 6.44. The molecular weight excluding hydrogens is 597 g/mol. The lowest BCUT2D eigenvalue weighted by molar-refractivity contribution is 0.669. The predicted molar refractivity (Wildman–Crippen MR) is 204 cm³/mol. The number of benzene rings is 8. The Balaban J connectivity index is 1.32. The summed E-state index contributed by atoms with van der Waals surface area (Å²) in [6.45, 7) is 0. The van der Waals surface area contributed by atoms with E-state index < -0.39 is 0 Å². The summed E-state index contributed by atoms with van der Waals surface area (Å²) in [5.41, 5.74) is 14.1. The molecule has 1 aliphatic rings. The fourth-order valence-corrected chi connectivity index (χ4v) is 8.90. The zero-order valence-corrected chi connectivity index (χ0v) is 26.3. The predicted octanol–water partition coefficient (Wildman–Crippen LogP) is 12.6. The van der Waals surface area contributed by atoms with E-state index in [0.717, 1.165) is 27.6 Å². The van der Waals surface area contributed by atoms with Gasteiger partial charge in [0.05, 0.1) is 22.1 Å². The molecule has 0 N–H and O–H groups in total. The van der Waals surface area contributed by atoms with Gasteiger partial charge in [-0.05, 0) is 81.6 Å². The molecule has 0 spiro atoms. The van der Waals surface area contributed by atoms with Gasteiger partial charge in [0, 0.05) is 43.7 Å². The Morgan fingerprint density at radius 3 is 1.94 bits per heavy atom. The van der Waals surface area contributed by atoms with E-state index in [4.69, 9.17) is 4.42 Å².